The number of hydrogen-bond acceptors (Lipinski definition) is 2. The van der Waals surface area contributed by atoms with Gasteiger partial charge in [-0.15, -0.1) is 0 Å². The van der Waals surface area contributed by atoms with E-state index < -0.39 is 0 Å². The van der Waals surface area contributed by atoms with Crippen molar-refractivity contribution in [3.05, 3.63) is 23.3 Å². The van der Waals surface area contributed by atoms with Crippen LogP contribution < -0.4 is 10.6 Å². The minimum atomic E-state index is -0.304. The quantitative estimate of drug-likeness (QED) is 0.816. The lowest BCUT2D eigenvalue weighted by molar-refractivity contribution is -0.126. The topological polar surface area (TPSA) is 46.3 Å². The van der Waals surface area contributed by atoms with E-state index in [4.69, 9.17) is 5.73 Å². The van der Waals surface area contributed by atoms with Gasteiger partial charge in [0.15, 0.2) is 0 Å². The van der Waals surface area contributed by atoms with E-state index in [2.05, 4.69) is 13.0 Å². The molecule has 0 unspecified atom stereocenters. The Kier molecular flexibility index (Phi) is 3.09. The van der Waals surface area contributed by atoms with E-state index in [0.717, 1.165) is 36.3 Å². The molecular weight excluding hydrogens is 224 g/mol. The van der Waals surface area contributed by atoms with Gasteiger partial charge in [0.2, 0.25) is 5.91 Å². The third-order valence-electron chi connectivity index (χ3n) is 4.07. The van der Waals surface area contributed by atoms with Crippen LogP contribution in [0.5, 0.6) is 0 Å². The summed E-state index contributed by atoms with van der Waals surface area (Å²) in [5.74, 6) is 0.201. The van der Waals surface area contributed by atoms with Gasteiger partial charge in [-0.3, -0.25) is 4.79 Å². The summed E-state index contributed by atoms with van der Waals surface area (Å²) in [6.45, 7) is 8.85. The SMILES string of the molecule is CCC(C)(C)C(=O)N1CCc2cc(C)c(N)cc21. The first-order valence-electron chi connectivity index (χ1n) is 6.58. The van der Waals surface area contributed by atoms with E-state index in [9.17, 15) is 4.79 Å². The summed E-state index contributed by atoms with van der Waals surface area (Å²) in [5, 5.41) is 0. The Hall–Kier alpha value is -1.51. The highest BCUT2D eigenvalue weighted by molar-refractivity contribution is 5.99. The molecule has 98 valence electrons. The summed E-state index contributed by atoms with van der Waals surface area (Å²) in [6.07, 6.45) is 1.78. The number of fused-ring (bicyclic) bond motifs is 1. The maximum absolute atomic E-state index is 12.5. The van der Waals surface area contributed by atoms with Gasteiger partial charge >= 0.3 is 0 Å². The normalized spacial score (nSPS) is 14.8. The van der Waals surface area contributed by atoms with Gasteiger partial charge in [-0.1, -0.05) is 26.8 Å². The molecule has 1 heterocycles. The summed E-state index contributed by atoms with van der Waals surface area (Å²) in [6, 6.07) is 4.05. The van der Waals surface area contributed by atoms with Crippen LogP contribution in [0.3, 0.4) is 0 Å². The molecule has 0 aliphatic carbocycles. The molecule has 1 aromatic carbocycles. The number of benzene rings is 1. The number of nitrogen functional groups attached to an aromatic ring is 1. The predicted molar refractivity (Wildman–Crippen MR) is 75.7 cm³/mol. The van der Waals surface area contributed by atoms with Crippen LogP contribution in [0.25, 0.3) is 0 Å². The Morgan fingerprint density at radius 3 is 2.72 bits per heavy atom. The van der Waals surface area contributed by atoms with Gasteiger partial charge < -0.3 is 10.6 Å². The Bertz CT molecular complexity index is 492. The van der Waals surface area contributed by atoms with Gasteiger partial charge in [0.25, 0.3) is 0 Å². The molecule has 1 aliphatic rings. The molecule has 2 rings (SSSR count). The second-order valence-corrected chi connectivity index (χ2v) is 5.78. The lowest BCUT2D eigenvalue weighted by Gasteiger charge is -2.28. The van der Waals surface area contributed by atoms with Gasteiger partial charge in [-0.25, -0.2) is 0 Å². The average Bonchev–Trinajstić information content (AvgIpc) is 2.71. The molecule has 3 nitrogen and oxygen atoms in total. The van der Waals surface area contributed by atoms with Crippen LogP contribution in [0.1, 0.15) is 38.3 Å². The molecule has 0 radical (unpaired) electrons. The zero-order valence-corrected chi connectivity index (χ0v) is 11.7. The number of rotatable bonds is 2. The zero-order valence-electron chi connectivity index (χ0n) is 11.7. The van der Waals surface area contributed by atoms with Gasteiger partial charge in [0.05, 0.1) is 0 Å². The van der Waals surface area contributed by atoms with Crippen LogP contribution in [0.2, 0.25) is 0 Å². The summed E-state index contributed by atoms with van der Waals surface area (Å²) in [4.78, 5) is 14.4. The number of anilines is 2. The maximum atomic E-state index is 12.5. The molecule has 0 aromatic heterocycles. The molecule has 2 N–H and O–H groups in total. The Morgan fingerprint density at radius 1 is 1.44 bits per heavy atom. The Morgan fingerprint density at radius 2 is 2.11 bits per heavy atom. The largest absolute Gasteiger partial charge is 0.398 e. The smallest absolute Gasteiger partial charge is 0.232 e. The summed E-state index contributed by atoms with van der Waals surface area (Å²) >= 11 is 0. The fraction of sp³-hybridized carbons (Fsp3) is 0.533. The van der Waals surface area contributed by atoms with E-state index in [-0.39, 0.29) is 11.3 Å². The number of amides is 1. The summed E-state index contributed by atoms with van der Waals surface area (Å²) < 4.78 is 0. The van der Waals surface area contributed by atoms with Crippen molar-refractivity contribution in [1.29, 1.82) is 0 Å². The third-order valence-corrected chi connectivity index (χ3v) is 4.07. The maximum Gasteiger partial charge on any atom is 0.232 e. The minimum Gasteiger partial charge on any atom is -0.398 e. The molecule has 0 saturated heterocycles. The van der Waals surface area contributed by atoms with Crippen molar-refractivity contribution in [2.45, 2.75) is 40.5 Å². The second-order valence-electron chi connectivity index (χ2n) is 5.78. The molecule has 0 spiro atoms. The summed E-state index contributed by atoms with van der Waals surface area (Å²) in [5.41, 5.74) is 9.76. The number of aryl methyl sites for hydroxylation is 1. The fourth-order valence-electron chi connectivity index (χ4n) is 2.30. The van der Waals surface area contributed by atoms with Crippen molar-refractivity contribution in [2.24, 2.45) is 5.41 Å². The van der Waals surface area contributed by atoms with E-state index in [1.54, 1.807) is 0 Å². The van der Waals surface area contributed by atoms with Crippen molar-refractivity contribution in [3.8, 4) is 0 Å². The van der Waals surface area contributed by atoms with Gasteiger partial charge in [-0.05, 0) is 37.0 Å². The number of carbonyl (C=O) groups excluding carboxylic acids is 1. The molecule has 1 aliphatic heterocycles. The lowest BCUT2D eigenvalue weighted by Crippen LogP contribution is -2.39. The van der Waals surface area contributed by atoms with Crippen LogP contribution in [0, 0.1) is 12.3 Å². The van der Waals surface area contributed by atoms with Crippen LogP contribution in [0.4, 0.5) is 11.4 Å². The zero-order chi connectivity index (χ0) is 13.5. The van der Waals surface area contributed by atoms with Crippen molar-refractivity contribution >= 4 is 17.3 Å². The second kappa shape index (κ2) is 4.30. The van der Waals surface area contributed by atoms with E-state index in [1.165, 1.54) is 5.56 Å². The first kappa shape index (κ1) is 12.9. The van der Waals surface area contributed by atoms with E-state index in [1.807, 2.05) is 31.7 Å². The molecule has 3 heteroatoms. The molecule has 0 saturated carbocycles. The third kappa shape index (κ3) is 1.98. The first-order chi connectivity index (χ1) is 8.36. The van der Waals surface area contributed by atoms with E-state index >= 15 is 0 Å². The van der Waals surface area contributed by atoms with Gasteiger partial charge in [0.1, 0.15) is 0 Å². The fourth-order valence-corrected chi connectivity index (χ4v) is 2.30. The molecule has 0 atom stereocenters. The number of nitrogens with two attached hydrogens (primary N) is 1. The van der Waals surface area contributed by atoms with Crippen LogP contribution in [-0.4, -0.2) is 12.5 Å². The number of nitrogens with zero attached hydrogens (tertiary/aromatic N) is 1. The van der Waals surface area contributed by atoms with E-state index in [0.29, 0.717) is 0 Å². The highest BCUT2D eigenvalue weighted by atomic mass is 16.2. The molecule has 1 amide bonds. The Labute approximate surface area is 109 Å². The number of carbonyl (C=O) groups is 1. The van der Waals surface area contributed by atoms with Crippen molar-refractivity contribution < 1.29 is 4.79 Å². The predicted octanol–water partition coefficient (Wildman–Crippen LogP) is 2.90. The molecular formula is C15H22N2O. The monoisotopic (exact) mass is 246 g/mol. The standard InChI is InChI=1S/C15H22N2O/c1-5-15(3,4)14(18)17-7-6-11-8-10(2)12(16)9-13(11)17/h8-9H,5-7,16H2,1-4H3. The van der Waals surface area contributed by atoms with Crippen LogP contribution in [-0.2, 0) is 11.2 Å². The van der Waals surface area contributed by atoms with Crippen molar-refractivity contribution in [3.63, 3.8) is 0 Å². The number of hydrogen-bond donors (Lipinski definition) is 1. The minimum absolute atomic E-state index is 0.201. The molecule has 0 fully saturated rings. The van der Waals surface area contributed by atoms with Crippen molar-refractivity contribution in [1.82, 2.24) is 0 Å². The molecule has 1 aromatic rings. The Balaban J connectivity index is 2.38. The lowest BCUT2D eigenvalue weighted by atomic mass is 9.88. The van der Waals surface area contributed by atoms with Gasteiger partial charge in [-0.2, -0.15) is 0 Å². The van der Waals surface area contributed by atoms with Crippen LogP contribution >= 0.6 is 0 Å². The first-order valence-corrected chi connectivity index (χ1v) is 6.58. The molecule has 0 bridgehead atoms. The summed E-state index contributed by atoms with van der Waals surface area (Å²) in [7, 11) is 0. The average molecular weight is 246 g/mol. The highest BCUT2D eigenvalue weighted by Gasteiger charge is 2.34. The van der Waals surface area contributed by atoms with Gasteiger partial charge in [0, 0.05) is 23.3 Å². The molecule has 18 heavy (non-hydrogen) atoms. The highest BCUT2D eigenvalue weighted by Crippen LogP contribution is 2.35. The van der Waals surface area contributed by atoms with Crippen molar-refractivity contribution in [2.75, 3.05) is 17.2 Å². The van der Waals surface area contributed by atoms with Crippen LogP contribution in [0.15, 0.2) is 12.1 Å².